The van der Waals surface area contributed by atoms with Crippen molar-refractivity contribution >= 4 is 5.78 Å². The van der Waals surface area contributed by atoms with Gasteiger partial charge in [-0.2, -0.15) is 0 Å². The molecule has 0 bridgehead atoms. The zero-order valence-electron chi connectivity index (χ0n) is 12.3. The topological polar surface area (TPSA) is 26.3 Å². The number of aryl methyl sites for hydroxylation is 1. The van der Waals surface area contributed by atoms with Gasteiger partial charge in [0.1, 0.15) is 11.5 Å². The minimum atomic E-state index is 0.235. The molecule has 1 atom stereocenters. The maximum atomic E-state index is 11.0. The van der Waals surface area contributed by atoms with Crippen LogP contribution in [0.25, 0.3) is 0 Å². The standard InChI is InChI=1S/C19H20O2/c1-14(20)6-7-15-8-10-18(11-9-15)21-13-17-12-16-4-2-3-5-19(16)17/h2-5,8-11,17H,6-7,12-13H2,1H3. The van der Waals surface area contributed by atoms with E-state index in [9.17, 15) is 4.79 Å². The van der Waals surface area contributed by atoms with Crippen molar-refractivity contribution in [3.05, 3.63) is 65.2 Å². The smallest absolute Gasteiger partial charge is 0.130 e. The number of benzene rings is 2. The zero-order valence-corrected chi connectivity index (χ0v) is 12.3. The summed E-state index contributed by atoms with van der Waals surface area (Å²) in [5.74, 6) is 1.67. The van der Waals surface area contributed by atoms with Crippen molar-refractivity contribution in [1.29, 1.82) is 0 Å². The van der Waals surface area contributed by atoms with Gasteiger partial charge in [0.25, 0.3) is 0 Å². The third-order valence-corrected chi connectivity index (χ3v) is 4.10. The minimum Gasteiger partial charge on any atom is -0.493 e. The number of carbonyl (C=O) groups excluding carboxylic acids is 1. The van der Waals surface area contributed by atoms with Crippen LogP contribution in [-0.4, -0.2) is 12.4 Å². The Balaban J connectivity index is 1.51. The van der Waals surface area contributed by atoms with Gasteiger partial charge in [-0.05, 0) is 48.6 Å². The molecule has 3 rings (SSSR count). The second-order valence-corrected chi connectivity index (χ2v) is 5.76. The van der Waals surface area contributed by atoms with E-state index in [4.69, 9.17) is 4.74 Å². The van der Waals surface area contributed by atoms with Gasteiger partial charge in [-0.15, -0.1) is 0 Å². The van der Waals surface area contributed by atoms with Crippen molar-refractivity contribution in [2.24, 2.45) is 0 Å². The van der Waals surface area contributed by atoms with Gasteiger partial charge >= 0.3 is 0 Å². The molecule has 2 aromatic carbocycles. The Morgan fingerprint density at radius 2 is 1.90 bits per heavy atom. The summed E-state index contributed by atoms with van der Waals surface area (Å²) in [6.45, 7) is 2.37. The fourth-order valence-corrected chi connectivity index (χ4v) is 2.78. The number of fused-ring (bicyclic) bond motifs is 1. The van der Waals surface area contributed by atoms with Gasteiger partial charge in [0.15, 0.2) is 0 Å². The molecule has 0 aromatic heterocycles. The maximum Gasteiger partial charge on any atom is 0.130 e. The van der Waals surface area contributed by atoms with Crippen LogP contribution in [-0.2, 0) is 17.6 Å². The summed E-state index contributed by atoms with van der Waals surface area (Å²) in [5, 5.41) is 0. The third-order valence-electron chi connectivity index (χ3n) is 4.10. The minimum absolute atomic E-state index is 0.235. The first-order valence-corrected chi connectivity index (χ1v) is 7.51. The number of ether oxygens (including phenoxy) is 1. The molecule has 1 aliphatic rings. The molecule has 0 amide bonds. The van der Waals surface area contributed by atoms with E-state index >= 15 is 0 Å². The van der Waals surface area contributed by atoms with E-state index in [-0.39, 0.29) is 5.78 Å². The van der Waals surface area contributed by atoms with Crippen molar-refractivity contribution in [2.45, 2.75) is 32.1 Å². The van der Waals surface area contributed by atoms with Gasteiger partial charge in [0.05, 0.1) is 6.61 Å². The highest BCUT2D eigenvalue weighted by atomic mass is 16.5. The van der Waals surface area contributed by atoms with Gasteiger partial charge < -0.3 is 9.53 Å². The normalized spacial score (nSPS) is 16.0. The maximum absolute atomic E-state index is 11.0. The second-order valence-electron chi connectivity index (χ2n) is 5.76. The summed E-state index contributed by atoms with van der Waals surface area (Å²) in [6.07, 6.45) is 2.54. The molecule has 21 heavy (non-hydrogen) atoms. The highest BCUT2D eigenvalue weighted by Crippen LogP contribution is 2.35. The van der Waals surface area contributed by atoms with Crippen LogP contribution in [0.15, 0.2) is 48.5 Å². The van der Waals surface area contributed by atoms with Crippen LogP contribution >= 0.6 is 0 Å². The quantitative estimate of drug-likeness (QED) is 0.801. The number of hydrogen-bond donors (Lipinski definition) is 0. The SMILES string of the molecule is CC(=O)CCc1ccc(OCC2Cc3ccccc32)cc1. The highest BCUT2D eigenvalue weighted by Gasteiger charge is 2.25. The average molecular weight is 280 g/mol. The van der Waals surface area contributed by atoms with E-state index in [2.05, 4.69) is 24.3 Å². The first-order valence-electron chi connectivity index (χ1n) is 7.51. The van der Waals surface area contributed by atoms with Crippen LogP contribution in [0.1, 0.15) is 36.0 Å². The molecule has 0 spiro atoms. The van der Waals surface area contributed by atoms with Crippen molar-refractivity contribution in [1.82, 2.24) is 0 Å². The molecule has 2 nitrogen and oxygen atoms in total. The van der Waals surface area contributed by atoms with Gasteiger partial charge in [0.2, 0.25) is 0 Å². The molecule has 0 radical (unpaired) electrons. The Morgan fingerprint density at radius 1 is 1.14 bits per heavy atom. The Kier molecular flexibility index (Phi) is 4.05. The molecule has 0 heterocycles. The molecule has 2 aromatic rings. The number of carbonyl (C=O) groups is 1. The van der Waals surface area contributed by atoms with Crippen molar-refractivity contribution in [2.75, 3.05) is 6.61 Å². The number of rotatable bonds is 6. The van der Waals surface area contributed by atoms with Crippen molar-refractivity contribution in [3.8, 4) is 5.75 Å². The number of Topliss-reactive ketones (excluding diaryl/α,β-unsaturated/α-hetero) is 1. The first kappa shape index (κ1) is 13.9. The predicted molar refractivity (Wildman–Crippen MR) is 83.8 cm³/mol. The molecule has 108 valence electrons. The summed E-state index contributed by atoms with van der Waals surface area (Å²) in [5.41, 5.74) is 4.06. The summed E-state index contributed by atoms with van der Waals surface area (Å²) in [6, 6.07) is 16.7. The summed E-state index contributed by atoms with van der Waals surface area (Å²) in [4.78, 5) is 11.0. The molecule has 0 saturated heterocycles. The highest BCUT2D eigenvalue weighted by molar-refractivity contribution is 5.75. The van der Waals surface area contributed by atoms with Crippen LogP contribution in [0.3, 0.4) is 0 Å². The van der Waals surface area contributed by atoms with Crippen molar-refractivity contribution < 1.29 is 9.53 Å². The van der Waals surface area contributed by atoms with E-state index in [1.165, 1.54) is 16.7 Å². The van der Waals surface area contributed by atoms with Crippen LogP contribution in [0.2, 0.25) is 0 Å². The molecule has 0 saturated carbocycles. The van der Waals surface area contributed by atoms with Crippen LogP contribution in [0, 0.1) is 0 Å². The second kappa shape index (κ2) is 6.13. The van der Waals surface area contributed by atoms with Gasteiger partial charge in [-0.25, -0.2) is 0 Å². The van der Waals surface area contributed by atoms with E-state index in [0.29, 0.717) is 12.3 Å². The molecule has 0 fully saturated rings. The fourth-order valence-electron chi connectivity index (χ4n) is 2.78. The first-order chi connectivity index (χ1) is 10.2. The molecule has 1 unspecified atom stereocenters. The summed E-state index contributed by atoms with van der Waals surface area (Å²) >= 11 is 0. The van der Waals surface area contributed by atoms with E-state index < -0.39 is 0 Å². The summed E-state index contributed by atoms with van der Waals surface area (Å²) < 4.78 is 5.88. The van der Waals surface area contributed by atoms with Crippen molar-refractivity contribution in [3.63, 3.8) is 0 Å². The van der Waals surface area contributed by atoms with E-state index in [1.807, 2.05) is 24.3 Å². The lowest BCUT2D eigenvalue weighted by Gasteiger charge is -2.29. The lowest BCUT2D eigenvalue weighted by Crippen LogP contribution is -2.23. The summed E-state index contributed by atoms with van der Waals surface area (Å²) in [7, 11) is 0. The largest absolute Gasteiger partial charge is 0.493 e. The molecular formula is C19H20O2. The lowest BCUT2D eigenvalue weighted by atomic mass is 9.78. The Labute approximate surface area is 125 Å². The van der Waals surface area contributed by atoms with Crippen LogP contribution < -0.4 is 4.74 Å². The molecule has 1 aliphatic carbocycles. The zero-order chi connectivity index (χ0) is 14.7. The van der Waals surface area contributed by atoms with Crippen LogP contribution in [0.4, 0.5) is 0 Å². The average Bonchev–Trinajstić information content (AvgIpc) is 2.47. The Bertz CT molecular complexity index is 628. The Hall–Kier alpha value is -2.09. The lowest BCUT2D eigenvalue weighted by molar-refractivity contribution is -0.116. The van der Waals surface area contributed by atoms with Crippen LogP contribution in [0.5, 0.6) is 5.75 Å². The number of ketones is 1. The monoisotopic (exact) mass is 280 g/mol. The Morgan fingerprint density at radius 3 is 2.62 bits per heavy atom. The molecule has 0 N–H and O–H groups in total. The van der Waals surface area contributed by atoms with Gasteiger partial charge in [0, 0.05) is 12.3 Å². The fraction of sp³-hybridized carbons (Fsp3) is 0.316. The molecule has 0 aliphatic heterocycles. The van der Waals surface area contributed by atoms with E-state index in [0.717, 1.165) is 25.2 Å². The van der Waals surface area contributed by atoms with Gasteiger partial charge in [-0.3, -0.25) is 0 Å². The van der Waals surface area contributed by atoms with Gasteiger partial charge in [-0.1, -0.05) is 36.4 Å². The number of hydrogen-bond acceptors (Lipinski definition) is 2. The third kappa shape index (κ3) is 3.33. The molecular weight excluding hydrogens is 260 g/mol. The van der Waals surface area contributed by atoms with E-state index in [1.54, 1.807) is 6.92 Å². The predicted octanol–water partition coefficient (Wildman–Crippen LogP) is 3.93. The molecule has 2 heteroatoms.